The Balaban J connectivity index is 1.83. The fraction of sp³-hybridized carbons (Fsp3) is 0.222. The van der Waals surface area contributed by atoms with E-state index in [1.54, 1.807) is 25.1 Å². The van der Waals surface area contributed by atoms with Gasteiger partial charge in [0.05, 0.1) is 5.69 Å². The highest BCUT2D eigenvalue weighted by atomic mass is 16.2. The molecule has 2 heterocycles. The van der Waals surface area contributed by atoms with Gasteiger partial charge < -0.3 is 4.90 Å². The number of benzene rings is 2. The number of nitriles is 1. The molecule has 32 heavy (non-hydrogen) atoms. The molecule has 2 aliphatic heterocycles. The Morgan fingerprint density at radius 3 is 2.22 bits per heavy atom. The largest absolute Gasteiger partial charge is 0.347 e. The maximum Gasteiger partial charge on any atom is 0.276 e. The van der Waals surface area contributed by atoms with Gasteiger partial charge in [0, 0.05) is 29.4 Å². The highest BCUT2D eigenvalue weighted by Crippen LogP contribution is 2.46. The second-order valence-corrected chi connectivity index (χ2v) is 8.73. The molecule has 0 saturated carbocycles. The van der Waals surface area contributed by atoms with E-state index in [0.717, 1.165) is 21.8 Å². The van der Waals surface area contributed by atoms with Crippen molar-refractivity contribution in [1.29, 1.82) is 5.26 Å². The van der Waals surface area contributed by atoms with Gasteiger partial charge in [0.2, 0.25) is 0 Å². The quantitative estimate of drug-likeness (QED) is 0.507. The zero-order valence-electron chi connectivity index (χ0n) is 18.9. The molecule has 2 aromatic rings. The van der Waals surface area contributed by atoms with Gasteiger partial charge in [-0.25, -0.2) is 4.90 Å². The Morgan fingerprint density at radius 2 is 1.59 bits per heavy atom. The number of fused-ring (bicyclic) bond motifs is 1. The fourth-order valence-electron chi connectivity index (χ4n) is 4.50. The van der Waals surface area contributed by atoms with Crippen molar-refractivity contribution in [2.45, 2.75) is 33.1 Å². The minimum Gasteiger partial charge on any atom is -0.347 e. The van der Waals surface area contributed by atoms with Gasteiger partial charge in [-0.1, -0.05) is 49.7 Å². The number of carbonyl (C=O) groups excluding carboxylic acids is 2. The Hall–Kier alpha value is -3.91. The molecule has 160 valence electrons. The SMILES string of the molecule is CC1=C(C#N)C(=O)N(c2ccc(C)cc2)C(=O)/C1=C/C=C1\N(C)c2ccccc2C1(C)C. The number of amides is 2. The molecule has 0 bridgehead atoms. The van der Waals surface area contributed by atoms with Crippen LogP contribution in [0.1, 0.15) is 31.9 Å². The van der Waals surface area contributed by atoms with Crippen LogP contribution in [0.25, 0.3) is 0 Å². The number of hydrogen-bond donors (Lipinski definition) is 0. The monoisotopic (exact) mass is 423 g/mol. The van der Waals surface area contributed by atoms with Crippen LogP contribution in [0.3, 0.4) is 0 Å². The van der Waals surface area contributed by atoms with E-state index in [-0.39, 0.29) is 11.0 Å². The van der Waals surface area contributed by atoms with Crippen LogP contribution in [0, 0.1) is 18.3 Å². The van der Waals surface area contributed by atoms with Gasteiger partial charge in [-0.2, -0.15) is 5.26 Å². The Kier molecular flexibility index (Phi) is 5.10. The smallest absolute Gasteiger partial charge is 0.276 e. The predicted octanol–water partition coefficient (Wildman–Crippen LogP) is 4.95. The highest BCUT2D eigenvalue weighted by Gasteiger charge is 2.39. The first kappa shape index (κ1) is 21.3. The van der Waals surface area contributed by atoms with Gasteiger partial charge in [0.15, 0.2) is 0 Å². The van der Waals surface area contributed by atoms with Gasteiger partial charge >= 0.3 is 0 Å². The first-order valence-corrected chi connectivity index (χ1v) is 10.5. The summed E-state index contributed by atoms with van der Waals surface area (Å²) >= 11 is 0. The van der Waals surface area contributed by atoms with E-state index in [1.165, 1.54) is 5.56 Å². The third-order valence-electron chi connectivity index (χ3n) is 6.38. The Morgan fingerprint density at radius 1 is 0.938 bits per heavy atom. The summed E-state index contributed by atoms with van der Waals surface area (Å²) in [5.74, 6) is -1.02. The standard InChI is InChI=1S/C27H25N3O2/c1-17-10-12-19(13-11-17)30-25(31)20(18(2)21(16-28)26(30)32)14-15-24-27(3,4)22-8-6-7-9-23(22)29(24)5/h6-15H,1-5H3/b20-14+,24-15-. The lowest BCUT2D eigenvalue weighted by atomic mass is 9.83. The van der Waals surface area contributed by atoms with Crippen molar-refractivity contribution in [2.24, 2.45) is 0 Å². The summed E-state index contributed by atoms with van der Waals surface area (Å²) in [7, 11) is 2.01. The minimum absolute atomic E-state index is 0.0165. The number of aryl methyl sites for hydroxylation is 1. The van der Waals surface area contributed by atoms with Crippen molar-refractivity contribution >= 4 is 23.2 Å². The first-order valence-electron chi connectivity index (χ1n) is 10.5. The van der Waals surface area contributed by atoms with E-state index in [9.17, 15) is 14.9 Å². The average Bonchev–Trinajstić information content (AvgIpc) is 2.96. The molecule has 5 nitrogen and oxygen atoms in total. The van der Waals surface area contributed by atoms with Crippen LogP contribution in [0.15, 0.2) is 83.1 Å². The van der Waals surface area contributed by atoms with Crippen LogP contribution >= 0.6 is 0 Å². The lowest BCUT2D eigenvalue weighted by molar-refractivity contribution is -0.122. The molecule has 0 saturated heterocycles. The third-order valence-corrected chi connectivity index (χ3v) is 6.38. The predicted molar refractivity (Wildman–Crippen MR) is 126 cm³/mol. The molecule has 2 aromatic carbocycles. The number of nitrogens with zero attached hydrogens (tertiary/aromatic N) is 3. The molecule has 0 atom stereocenters. The van der Waals surface area contributed by atoms with Crippen LogP contribution in [0.2, 0.25) is 0 Å². The van der Waals surface area contributed by atoms with E-state index < -0.39 is 11.8 Å². The van der Waals surface area contributed by atoms with Crippen LogP contribution < -0.4 is 9.80 Å². The number of rotatable bonds is 2. The van der Waals surface area contributed by atoms with Crippen molar-refractivity contribution in [3.63, 3.8) is 0 Å². The second kappa shape index (κ2) is 7.65. The van der Waals surface area contributed by atoms with E-state index in [1.807, 2.05) is 50.4 Å². The van der Waals surface area contributed by atoms with Crippen molar-refractivity contribution in [2.75, 3.05) is 16.8 Å². The molecule has 0 fully saturated rings. The maximum atomic E-state index is 13.4. The molecule has 0 unspecified atom stereocenters. The number of imide groups is 1. The Labute approximate surface area is 188 Å². The van der Waals surface area contributed by atoms with E-state index >= 15 is 0 Å². The van der Waals surface area contributed by atoms with Crippen molar-refractivity contribution in [3.05, 3.63) is 94.2 Å². The topological polar surface area (TPSA) is 64.4 Å². The van der Waals surface area contributed by atoms with E-state index in [4.69, 9.17) is 0 Å². The maximum absolute atomic E-state index is 13.4. The lowest BCUT2D eigenvalue weighted by Gasteiger charge is -2.28. The summed E-state index contributed by atoms with van der Waals surface area (Å²) in [5, 5.41) is 9.65. The van der Waals surface area contributed by atoms with Gasteiger partial charge in [0.25, 0.3) is 11.8 Å². The number of likely N-dealkylation sites (N-methyl/N-ethyl adjacent to an activating group) is 1. The highest BCUT2D eigenvalue weighted by molar-refractivity contribution is 6.31. The molecule has 0 radical (unpaired) electrons. The average molecular weight is 424 g/mol. The number of allylic oxidation sites excluding steroid dienone is 3. The molecule has 0 spiro atoms. The van der Waals surface area contributed by atoms with Crippen LogP contribution in [-0.2, 0) is 15.0 Å². The molecule has 2 amide bonds. The number of para-hydroxylation sites is 1. The first-order chi connectivity index (χ1) is 15.2. The normalized spacial score (nSPS) is 20.2. The summed E-state index contributed by atoms with van der Waals surface area (Å²) in [4.78, 5) is 29.6. The fourth-order valence-corrected chi connectivity index (χ4v) is 4.50. The van der Waals surface area contributed by atoms with Gasteiger partial charge in [0.1, 0.15) is 11.6 Å². The number of carbonyl (C=O) groups is 2. The summed E-state index contributed by atoms with van der Waals surface area (Å²) in [6.07, 6.45) is 3.66. The van der Waals surface area contributed by atoms with Gasteiger partial charge in [-0.15, -0.1) is 0 Å². The number of anilines is 2. The van der Waals surface area contributed by atoms with Crippen molar-refractivity contribution in [1.82, 2.24) is 0 Å². The molecule has 5 heteroatoms. The van der Waals surface area contributed by atoms with Gasteiger partial charge in [-0.3, -0.25) is 9.59 Å². The zero-order valence-corrected chi connectivity index (χ0v) is 18.9. The van der Waals surface area contributed by atoms with Gasteiger partial charge in [-0.05, 0) is 55.3 Å². The summed E-state index contributed by atoms with van der Waals surface area (Å²) < 4.78 is 0. The molecular weight excluding hydrogens is 398 g/mol. The zero-order chi connectivity index (χ0) is 23.2. The lowest BCUT2D eigenvalue weighted by Crippen LogP contribution is -2.42. The molecule has 0 aromatic heterocycles. The molecular formula is C27H25N3O2. The molecule has 2 aliphatic rings. The summed E-state index contributed by atoms with van der Waals surface area (Å²) in [6.45, 7) is 7.88. The second-order valence-electron chi connectivity index (χ2n) is 8.73. The van der Waals surface area contributed by atoms with E-state index in [0.29, 0.717) is 16.8 Å². The molecule has 4 rings (SSSR count). The molecule has 0 N–H and O–H groups in total. The van der Waals surface area contributed by atoms with Crippen LogP contribution in [0.4, 0.5) is 11.4 Å². The van der Waals surface area contributed by atoms with Crippen LogP contribution in [0.5, 0.6) is 0 Å². The van der Waals surface area contributed by atoms with Crippen LogP contribution in [-0.4, -0.2) is 18.9 Å². The summed E-state index contributed by atoms with van der Waals surface area (Å²) in [6, 6.07) is 17.3. The van der Waals surface area contributed by atoms with E-state index in [2.05, 4.69) is 30.9 Å². The number of hydrogen-bond acceptors (Lipinski definition) is 4. The summed E-state index contributed by atoms with van der Waals surface area (Å²) in [5.41, 5.74) is 5.32. The van der Waals surface area contributed by atoms with Crippen molar-refractivity contribution < 1.29 is 9.59 Å². The Bertz CT molecular complexity index is 1270. The minimum atomic E-state index is -0.589. The molecule has 0 aliphatic carbocycles. The third kappa shape index (κ3) is 3.16. The van der Waals surface area contributed by atoms with Crippen molar-refractivity contribution in [3.8, 4) is 6.07 Å².